The average molecular weight is 387 g/mol. The van der Waals surface area contributed by atoms with Gasteiger partial charge in [0.05, 0.1) is 29.9 Å². The molecule has 2 aliphatic heterocycles. The fraction of sp³-hybridized carbons (Fsp3) is 0.524. The maximum atomic E-state index is 13.4. The molecule has 5 nitrogen and oxygen atoms in total. The molecule has 3 atom stereocenters. The summed E-state index contributed by atoms with van der Waals surface area (Å²) in [4.78, 5) is 9.39. The maximum absolute atomic E-state index is 13.4. The lowest BCUT2D eigenvalue weighted by Gasteiger charge is -2.31. The summed E-state index contributed by atoms with van der Waals surface area (Å²) in [5.41, 5.74) is 2.40. The first kappa shape index (κ1) is 17.9. The van der Waals surface area contributed by atoms with Gasteiger partial charge in [0, 0.05) is 36.1 Å². The van der Waals surface area contributed by atoms with Gasteiger partial charge in [0.25, 0.3) is 6.43 Å². The Morgan fingerprint density at radius 1 is 1.18 bits per heavy atom. The number of alkyl halides is 2. The van der Waals surface area contributed by atoms with Crippen LogP contribution in [0.25, 0.3) is 21.9 Å². The number of aromatic nitrogens is 3. The second kappa shape index (κ2) is 7.04. The normalized spacial score (nSPS) is 25.9. The fourth-order valence-corrected chi connectivity index (χ4v) is 4.55. The lowest BCUT2D eigenvalue weighted by molar-refractivity contribution is 0.00604. The van der Waals surface area contributed by atoms with Gasteiger partial charge in [-0.25, -0.2) is 13.8 Å². The first-order chi connectivity index (χ1) is 13.6. The van der Waals surface area contributed by atoms with Crippen LogP contribution in [-0.4, -0.2) is 40.5 Å². The Bertz CT molecular complexity index is 1010. The molecule has 2 saturated heterocycles. The highest BCUT2D eigenvalue weighted by molar-refractivity contribution is 6.02. The van der Waals surface area contributed by atoms with Crippen molar-refractivity contribution in [1.29, 1.82) is 0 Å². The minimum absolute atomic E-state index is 0.0145. The first-order valence-corrected chi connectivity index (χ1v) is 9.90. The van der Waals surface area contributed by atoms with Crippen LogP contribution < -0.4 is 0 Å². The van der Waals surface area contributed by atoms with Gasteiger partial charge in [-0.3, -0.25) is 4.98 Å². The average Bonchev–Trinajstić information content (AvgIpc) is 3.35. The molecule has 2 aliphatic rings. The van der Waals surface area contributed by atoms with Gasteiger partial charge in [-0.2, -0.15) is 0 Å². The molecule has 148 valence electrons. The molecule has 5 rings (SSSR count). The van der Waals surface area contributed by atoms with E-state index in [1.807, 2.05) is 0 Å². The van der Waals surface area contributed by atoms with Crippen molar-refractivity contribution >= 4 is 21.9 Å². The second-order valence-corrected chi connectivity index (χ2v) is 7.83. The van der Waals surface area contributed by atoms with Gasteiger partial charge in [0.1, 0.15) is 11.3 Å². The minimum Gasteiger partial charge on any atom is -0.381 e. The zero-order valence-corrected chi connectivity index (χ0v) is 15.8. The zero-order valence-electron chi connectivity index (χ0n) is 15.8. The number of fused-ring (bicyclic) bond motifs is 3. The van der Waals surface area contributed by atoms with Crippen LogP contribution in [-0.2, 0) is 9.47 Å². The molecule has 0 N–H and O–H groups in total. The van der Waals surface area contributed by atoms with E-state index in [9.17, 15) is 8.78 Å². The second-order valence-electron chi connectivity index (χ2n) is 7.83. The lowest BCUT2D eigenvalue weighted by Crippen LogP contribution is -2.27. The van der Waals surface area contributed by atoms with Crippen LogP contribution in [0.3, 0.4) is 0 Å². The Morgan fingerprint density at radius 2 is 2.07 bits per heavy atom. The Morgan fingerprint density at radius 3 is 2.82 bits per heavy atom. The molecule has 0 radical (unpaired) electrons. The van der Waals surface area contributed by atoms with Crippen molar-refractivity contribution in [3.8, 4) is 0 Å². The Kier molecular flexibility index (Phi) is 4.51. The van der Waals surface area contributed by atoms with Crippen LogP contribution >= 0.6 is 0 Å². The number of ether oxygens (including phenoxy) is 2. The summed E-state index contributed by atoms with van der Waals surface area (Å²) in [6.07, 6.45) is 2.10. The predicted molar refractivity (Wildman–Crippen MR) is 102 cm³/mol. The smallest absolute Gasteiger partial charge is 0.263 e. The zero-order chi connectivity index (χ0) is 19.3. The molecular weight excluding hydrogens is 364 g/mol. The van der Waals surface area contributed by atoms with Crippen molar-refractivity contribution in [2.45, 2.75) is 50.7 Å². The number of rotatable bonds is 3. The molecule has 0 aliphatic carbocycles. The number of imidazole rings is 1. The van der Waals surface area contributed by atoms with Gasteiger partial charge in [0.15, 0.2) is 0 Å². The maximum Gasteiger partial charge on any atom is 0.263 e. The van der Waals surface area contributed by atoms with Gasteiger partial charge in [-0.15, -0.1) is 0 Å². The number of hydrogen-bond acceptors (Lipinski definition) is 4. The molecule has 7 heteroatoms. The van der Waals surface area contributed by atoms with Crippen LogP contribution in [0.1, 0.15) is 56.0 Å². The SMILES string of the molecule is C[C@@H]1C[C@H](n2c(C3CCOC3)nc3cnc4ccc(C(F)F)cc4c32)CCO1. The van der Waals surface area contributed by atoms with E-state index in [4.69, 9.17) is 14.5 Å². The quantitative estimate of drug-likeness (QED) is 0.650. The summed E-state index contributed by atoms with van der Waals surface area (Å²) in [6, 6.07) is 4.93. The van der Waals surface area contributed by atoms with Gasteiger partial charge in [-0.05, 0) is 38.3 Å². The van der Waals surface area contributed by atoms with Crippen molar-refractivity contribution in [3.05, 3.63) is 35.8 Å². The topological polar surface area (TPSA) is 49.2 Å². The summed E-state index contributed by atoms with van der Waals surface area (Å²) < 4.78 is 40.4. The molecule has 4 heterocycles. The Labute approximate surface area is 161 Å². The Balaban J connectivity index is 1.78. The summed E-state index contributed by atoms with van der Waals surface area (Å²) in [6.45, 7) is 4.15. The predicted octanol–water partition coefficient (Wildman–Crippen LogP) is 4.77. The van der Waals surface area contributed by atoms with Crippen molar-refractivity contribution in [3.63, 3.8) is 0 Å². The summed E-state index contributed by atoms with van der Waals surface area (Å²) in [5, 5.41) is 0.743. The van der Waals surface area contributed by atoms with E-state index in [2.05, 4.69) is 16.5 Å². The van der Waals surface area contributed by atoms with E-state index in [1.54, 1.807) is 18.3 Å². The number of halogens is 2. The van der Waals surface area contributed by atoms with Gasteiger partial charge in [0.2, 0.25) is 0 Å². The van der Waals surface area contributed by atoms with Gasteiger partial charge in [-0.1, -0.05) is 6.07 Å². The standard InChI is InChI=1S/C21H23F2N3O2/c1-12-8-15(5-7-28-12)26-19-16-9-13(20(22)23)2-3-17(16)24-10-18(19)25-21(26)14-4-6-27-11-14/h2-3,9-10,12,14-15,20H,4-8,11H2,1H3/t12-,14?,15-/m1/s1. The van der Waals surface area contributed by atoms with E-state index in [1.165, 1.54) is 6.07 Å². The molecule has 0 spiro atoms. The number of pyridine rings is 1. The third-order valence-corrected chi connectivity index (χ3v) is 5.94. The van der Waals surface area contributed by atoms with E-state index in [0.29, 0.717) is 18.7 Å². The summed E-state index contributed by atoms with van der Waals surface area (Å²) >= 11 is 0. The number of nitrogens with zero attached hydrogens (tertiary/aromatic N) is 3. The lowest BCUT2D eigenvalue weighted by atomic mass is 10.0. The molecule has 3 aromatic rings. The largest absolute Gasteiger partial charge is 0.381 e. The molecule has 1 aromatic carbocycles. The van der Waals surface area contributed by atoms with Gasteiger partial charge < -0.3 is 14.0 Å². The summed E-state index contributed by atoms with van der Waals surface area (Å²) in [5.74, 6) is 1.21. The molecule has 2 fully saturated rings. The molecule has 0 amide bonds. The third-order valence-electron chi connectivity index (χ3n) is 5.94. The molecule has 1 unspecified atom stereocenters. The van der Waals surface area contributed by atoms with E-state index in [0.717, 1.165) is 48.1 Å². The fourth-order valence-electron chi connectivity index (χ4n) is 4.55. The highest BCUT2D eigenvalue weighted by Gasteiger charge is 2.31. The van der Waals surface area contributed by atoms with Gasteiger partial charge >= 0.3 is 0 Å². The highest BCUT2D eigenvalue weighted by Crippen LogP contribution is 2.38. The monoisotopic (exact) mass is 387 g/mol. The number of hydrogen-bond donors (Lipinski definition) is 0. The third kappa shape index (κ3) is 2.97. The molecule has 0 bridgehead atoms. The van der Waals surface area contributed by atoms with Crippen LogP contribution in [0.2, 0.25) is 0 Å². The molecule has 28 heavy (non-hydrogen) atoms. The van der Waals surface area contributed by atoms with Crippen LogP contribution in [0, 0.1) is 0 Å². The molecule has 0 saturated carbocycles. The van der Waals surface area contributed by atoms with Crippen molar-refractivity contribution in [2.24, 2.45) is 0 Å². The van der Waals surface area contributed by atoms with Crippen LogP contribution in [0.4, 0.5) is 8.78 Å². The summed E-state index contributed by atoms with van der Waals surface area (Å²) in [7, 11) is 0. The Hall–Kier alpha value is -2.12. The van der Waals surface area contributed by atoms with E-state index < -0.39 is 6.43 Å². The van der Waals surface area contributed by atoms with Crippen LogP contribution in [0.15, 0.2) is 24.4 Å². The highest BCUT2D eigenvalue weighted by atomic mass is 19.3. The van der Waals surface area contributed by atoms with E-state index >= 15 is 0 Å². The van der Waals surface area contributed by atoms with Crippen molar-refractivity contribution in [1.82, 2.24) is 14.5 Å². The van der Waals surface area contributed by atoms with E-state index in [-0.39, 0.29) is 23.6 Å². The molecular formula is C21H23F2N3O2. The minimum atomic E-state index is -2.51. The molecule has 2 aromatic heterocycles. The number of benzene rings is 1. The first-order valence-electron chi connectivity index (χ1n) is 9.90. The van der Waals surface area contributed by atoms with Crippen LogP contribution in [0.5, 0.6) is 0 Å². The van der Waals surface area contributed by atoms with Crippen molar-refractivity contribution in [2.75, 3.05) is 19.8 Å². The van der Waals surface area contributed by atoms with Crippen molar-refractivity contribution < 1.29 is 18.3 Å².